The fraction of sp³-hybridized carbons (Fsp3) is 0.312. The zero-order valence-corrected chi connectivity index (χ0v) is 12.0. The quantitative estimate of drug-likeness (QED) is 0.701. The second-order valence-corrected chi connectivity index (χ2v) is 3.19. The van der Waals surface area contributed by atoms with Crippen LogP contribution in [-0.4, -0.2) is 10.4 Å². The molecule has 0 N–H and O–H groups in total. The van der Waals surface area contributed by atoms with Crippen molar-refractivity contribution in [3.8, 4) is 5.69 Å². The summed E-state index contributed by atoms with van der Waals surface area (Å²) in [7, 11) is 0. The van der Waals surface area contributed by atoms with Gasteiger partial charge in [-0.05, 0) is 43.3 Å². The second kappa shape index (κ2) is 9.23. The predicted octanol–water partition coefficient (Wildman–Crippen LogP) is 4.73. The lowest BCUT2D eigenvalue weighted by Gasteiger charge is -2.02. The van der Waals surface area contributed by atoms with Crippen LogP contribution < -0.4 is 0 Å². The largest absolute Gasteiger partial charge is 0.324 e. The summed E-state index contributed by atoms with van der Waals surface area (Å²) >= 11 is 0. The zero-order chi connectivity index (χ0) is 14.0. The Labute approximate surface area is 110 Å². The lowest BCUT2D eigenvalue weighted by Crippen LogP contribution is -1.94. The Hall–Kier alpha value is -1.83. The third-order valence-corrected chi connectivity index (χ3v) is 2.18. The summed E-state index contributed by atoms with van der Waals surface area (Å²) in [6.07, 6.45) is 3.95. The van der Waals surface area contributed by atoms with E-state index in [1.54, 1.807) is 6.92 Å². The molecule has 0 bridgehead atoms. The topological polar surface area (TPSA) is 22.0 Å². The van der Waals surface area contributed by atoms with Crippen LogP contribution in [0.5, 0.6) is 0 Å². The molecule has 2 aromatic rings. The molecule has 0 aliphatic heterocycles. The molecule has 2 nitrogen and oxygen atoms in total. The third kappa shape index (κ3) is 4.58. The Balaban J connectivity index is 0.000000659. The van der Waals surface area contributed by atoms with E-state index >= 15 is 0 Å². The molecular formula is C16H23NO. The van der Waals surface area contributed by atoms with Gasteiger partial charge in [-0.1, -0.05) is 27.7 Å². The average molecular weight is 245 g/mol. The van der Waals surface area contributed by atoms with E-state index in [4.69, 9.17) is 0 Å². The van der Waals surface area contributed by atoms with E-state index in [1.165, 1.54) is 0 Å². The van der Waals surface area contributed by atoms with Gasteiger partial charge in [0.1, 0.15) is 0 Å². The van der Waals surface area contributed by atoms with Gasteiger partial charge < -0.3 is 4.57 Å². The van der Waals surface area contributed by atoms with Crippen molar-refractivity contribution in [2.24, 2.45) is 0 Å². The molecule has 2 rings (SSSR count). The minimum atomic E-state index is 0.101. The number of benzene rings is 1. The van der Waals surface area contributed by atoms with Crippen molar-refractivity contribution < 1.29 is 4.79 Å². The Kier molecular flexibility index (Phi) is 8.29. The number of Topliss-reactive ketones (excluding diaryl/α,β-unsaturated/α-hetero) is 1. The monoisotopic (exact) mass is 245 g/mol. The highest BCUT2D eigenvalue weighted by Crippen LogP contribution is 2.10. The van der Waals surface area contributed by atoms with Crippen LogP contribution in [0, 0.1) is 0 Å². The highest BCUT2D eigenvalue weighted by molar-refractivity contribution is 5.94. The number of carbonyl (C=O) groups is 1. The van der Waals surface area contributed by atoms with Crippen molar-refractivity contribution in [3.63, 3.8) is 0 Å². The van der Waals surface area contributed by atoms with Gasteiger partial charge in [-0.2, -0.15) is 0 Å². The molecule has 0 aliphatic rings. The van der Waals surface area contributed by atoms with E-state index in [9.17, 15) is 4.79 Å². The molecule has 0 spiro atoms. The Morgan fingerprint density at radius 3 is 1.72 bits per heavy atom. The van der Waals surface area contributed by atoms with Gasteiger partial charge in [-0.15, -0.1) is 0 Å². The van der Waals surface area contributed by atoms with E-state index < -0.39 is 0 Å². The van der Waals surface area contributed by atoms with Gasteiger partial charge in [0.2, 0.25) is 0 Å². The van der Waals surface area contributed by atoms with Crippen LogP contribution in [0.1, 0.15) is 45.0 Å². The Morgan fingerprint density at radius 2 is 1.33 bits per heavy atom. The lowest BCUT2D eigenvalue weighted by atomic mass is 10.1. The van der Waals surface area contributed by atoms with Crippen molar-refractivity contribution >= 4 is 5.78 Å². The van der Waals surface area contributed by atoms with E-state index in [-0.39, 0.29) is 5.78 Å². The summed E-state index contributed by atoms with van der Waals surface area (Å²) in [4.78, 5) is 11.0. The molecule has 0 amide bonds. The highest BCUT2D eigenvalue weighted by Gasteiger charge is 1.98. The molecule has 1 aromatic carbocycles. The SMILES string of the molecule is CC.CC.CC(=O)c1ccc(-n2cccc2)cc1. The van der Waals surface area contributed by atoms with Crippen LogP contribution in [0.15, 0.2) is 48.8 Å². The number of hydrogen-bond donors (Lipinski definition) is 0. The standard InChI is InChI=1S/C12H11NO.2C2H6/c1-10(14)11-4-6-12(7-5-11)13-8-2-3-9-13;2*1-2/h2-9H,1H3;2*1-2H3. The van der Waals surface area contributed by atoms with Crippen molar-refractivity contribution in [2.75, 3.05) is 0 Å². The van der Waals surface area contributed by atoms with Crippen molar-refractivity contribution in [1.82, 2.24) is 4.57 Å². The molecule has 1 aromatic heterocycles. The molecule has 0 aliphatic carbocycles. The number of rotatable bonds is 2. The van der Waals surface area contributed by atoms with Gasteiger partial charge in [-0.25, -0.2) is 0 Å². The van der Waals surface area contributed by atoms with Crippen LogP contribution in [-0.2, 0) is 0 Å². The Morgan fingerprint density at radius 1 is 0.889 bits per heavy atom. The maximum Gasteiger partial charge on any atom is 0.159 e. The molecule has 0 atom stereocenters. The fourth-order valence-electron chi connectivity index (χ4n) is 1.37. The van der Waals surface area contributed by atoms with Crippen LogP contribution in [0.4, 0.5) is 0 Å². The number of aromatic nitrogens is 1. The lowest BCUT2D eigenvalue weighted by molar-refractivity contribution is 0.101. The van der Waals surface area contributed by atoms with Gasteiger partial charge in [0.15, 0.2) is 5.78 Å². The van der Waals surface area contributed by atoms with Gasteiger partial charge >= 0.3 is 0 Å². The van der Waals surface area contributed by atoms with E-state index in [0.29, 0.717) is 0 Å². The number of hydrogen-bond acceptors (Lipinski definition) is 1. The first kappa shape index (κ1) is 16.2. The maximum atomic E-state index is 11.0. The van der Waals surface area contributed by atoms with E-state index in [1.807, 2.05) is 81.1 Å². The van der Waals surface area contributed by atoms with E-state index in [0.717, 1.165) is 11.3 Å². The van der Waals surface area contributed by atoms with Gasteiger partial charge in [0, 0.05) is 23.6 Å². The van der Waals surface area contributed by atoms with Crippen molar-refractivity contribution in [2.45, 2.75) is 34.6 Å². The fourth-order valence-corrected chi connectivity index (χ4v) is 1.37. The van der Waals surface area contributed by atoms with Gasteiger partial charge in [0.05, 0.1) is 0 Å². The molecule has 1 heterocycles. The molecule has 0 fully saturated rings. The summed E-state index contributed by atoms with van der Waals surface area (Å²) in [5, 5.41) is 0. The molecular weight excluding hydrogens is 222 g/mol. The molecule has 0 radical (unpaired) electrons. The van der Waals surface area contributed by atoms with Crippen LogP contribution in [0.3, 0.4) is 0 Å². The summed E-state index contributed by atoms with van der Waals surface area (Å²) in [6, 6.07) is 11.5. The molecule has 0 unspecified atom stereocenters. The molecule has 0 saturated heterocycles. The summed E-state index contributed by atoms with van der Waals surface area (Å²) < 4.78 is 2.00. The Bertz CT molecular complexity index is 427. The average Bonchev–Trinajstić information content (AvgIpc) is 2.97. The van der Waals surface area contributed by atoms with Crippen molar-refractivity contribution in [1.29, 1.82) is 0 Å². The first-order valence-electron chi connectivity index (χ1n) is 6.52. The minimum absolute atomic E-state index is 0.101. The van der Waals surface area contributed by atoms with Crippen molar-refractivity contribution in [3.05, 3.63) is 54.4 Å². The second-order valence-electron chi connectivity index (χ2n) is 3.19. The molecule has 98 valence electrons. The number of carbonyl (C=O) groups excluding carboxylic acids is 1. The highest BCUT2D eigenvalue weighted by atomic mass is 16.1. The number of nitrogens with zero attached hydrogens (tertiary/aromatic N) is 1. The predicted molar refractivity (Wildman–Crippen MR) is 78.5 cm³/mol. The maximum absolute atomic E-state index is 11.0. The molecule has 2 heteroatoms. The minimum Gasteiger partial charge on any atom is -0.324 e. The first-order valence-corrected chi connectivity index (χ1v) is 6.52. The summed E-state index contributed by atoms with van der Waals surface area (Å²) in [5.41, 5.74) is 1.82. The zero-order valence-electron chi connectivity index (χ0n) is 12.0. The summed E-state index contributed by atoms with van der Waals surface area (Å²) in [5.74, 6) is 0.101. The first-order chi connectivity index (χ1) is 8.77. The van der Waals surface area contributed by atoms with Gasteiger partial charge in [-0.3, -0.25) is 4.79 Å². The van der Waals surface area contributed by atoms with E-state index in [2.05, 4.69) is 0 Å². The van der Waals surface area contributed by atoms with Crippen LogP contribution >= 0.6 is 0 Å². The van der Waals surface area contributed by atoms with Gasteiger partial charge in [0.25, 0.3) is 0 Å². The molecule has 18 heavy (non-hydrogen) atoms. The summed E-state index contributed by atoms with van der Waals surface area (Å²) in [6.45, 7) is 9.57. The third-order valence-electron chi connectivity index (χ3n) is 2.18. The molecule has 0 saturated carbocycles. The number of ketones is 1. The van der Waals surface area contributed by atoms with Crippen LogP contribution in [0.25, 0.3) is 5.69 Å². The normalized spacial score (nSPS) is 8.50. The van der Waals surface area contributed by atoms with Crippen LogP contribution in [0.2, 0.25) is 0 Å². The smallest absolute Gasteiger partial charge is 0.159 e.